The molecule has 0 radical (unpaired) electrons. The number of aliphatic hydroxyl groups excluding tert-OH is 1. The molecule has 1 unspecified atom stereocenters. The molecule has 0 aliphatic carbocycles. The average Bonchev–Trinajstić information content (AvgIpc) is 2.94. The van der Waals surface area contributed by atoms with Crippen molar-refractivity contribution < 1.29 is 43.6 Å². The Morgan fingerprint density at radius 2 is 1.17 bits per heavy atom. The molecule has 9 nitrogen and oxygen atoms in total. The Morgan fingerprint density at radius 3 is 1.54 bits per heavy atom. The van der Waals surface area contributed by atoms with Crippen LogP contribution in [0.2, 0.25) is 0 Å². The number of benzene rings is 1. The molecule has 0 fully saturated rings. The van der Waals surface area contributed by atoms with Gasteiger partial charge in [0.25, 0.3) is 0 Å². The predicted molar refractivity (Wildman–Crippen MR) is 159 cm³/mol. The summed E-state index contributed by atoms with van der Waals surface area (Å²) in [5, 5.41) is 17.9. The fourth-order valence-electron chi connectivity index (χ4n) is 2.07. The summed E-state index contributed by atoms with van der Waals surface area (Å²) in [5.41, 5.74) is -0.216. The highest BCUT2D eigenvalue weighted by atomic mass is 16.6. The summed E-state index contributed by atoms with van der Waals surface area (Å²) in [6.07, 6.45) is 1.10. The molecule has 0 aliphatic heterocycles. The zero-order valence-electron chi connectivity index (χ0n) is 26.7. The Kier molecular flexibility index (Phi) is 18.5. The van der Waals surface area contributed by atoms with Crippen LogP contribution in [-0.2, 0) is 40.0 Å². The first-order chi connectivity index (χ1) is 18.8. The minimum Gasteiger partial charge on any atom is -0.481 e. The first-order valence-corrected chi connectivity index (χ1v) is 13.9. The third-order valence-corrected chi connectivity index (χ3v) is 6.71. The number of esters is 3. The molecule has 0 aliphatic rings. The van der Waals surface area contributed by atoms with Crippen LogP contribution >= 0.6 is 0 Å². The van der Waals surface area contributed by atoms with Crippen molar-refractivity contribution in [3.63, 3.8) is 0 Å². The van der Waals surface area contributed by atoms with E-state index < -0.39 is 28.9 Å². The predicted octanol–water partition coefficient (Wildman–Crippen LogP) is 6.12. The second kappa shape index (κ2) is 19.0. The van der Waals surface area contributed by atoms with Crippen LogP contribution in [0.3, 0.4) is 0 Å². The summed E-state index contributed by atoms with van der Waals surface area (Å²) in [5.74, 6) is -1.81. The number of aliphatic carboxylic acids is 1. The van der Waals surface area contributed by atoms with Crippen molar-refractivity contribution in [2.75, 3.05) is 13.2 Å². The lowest BCUT2D eigenvalue weighted by atomic mass is 9.91. The van der Waals surface area contributed by atoms with E-state index in [0.29, 0.717) is 19.4 Å². The van der Waals surface area contributed by atoms with Gasteiger partial charge >= 0.3 is 23.9 Å². The van der Waals surface area contributed by atoms with Crippen LogP contribution in [0.5, 0.6) is 0 Å². The van der Waals surface area contributed by atoms with E-state index >= 15 is 0 Å². The molecule has 234 valence electrons. The van der Waals surface area contributed by atoms with Crippen molar-refractivity contribution in [3.8, 4) is 0 Å². The Morgan fingerprint density at radius 1 is 0.756 bits per heavy atom. The Hall–Kier alpha value is -3.20. The first kappa shape index (κ1) is 39.9. The lowest BCUT2D eigenvalue weighted by Crippen LogP contribution is -2.31. The highest BCUT2D eigenvalue weighted by molar-refractivity contribution is 5.86. The van der Waals surface area contributed by atoms with Crippen LogP contribution in [0.15, 0.2) is 42.5 Å². The van der Waals surface area contributed by atoms with Crippen molar-refractivity contribution in [1.29, 1.82) is 0 Å². The molecule has 2 N–H and O–H groups in total. The molecule has 9 heteroatoms. The van der Waals surface area contributed by atoms with Crippen molar-refractivity contribution in [2.45, 2.75) is 101 Å². The molecule has 0 heterocycles. The number of carbonyl (C=O) groups excluding carboxylic acids is 3. The highest BCUT2D eigenvalue weighted by Crippen LogP contribution is 2.22. The zero-order chi connectivity index (χ0) is 32.4. The second-order valence-electron chi connectivity index (χ2n) is 11.7. The molecule has 1 aromatic carbocycles. The van der Waals surface area contributed by atoms with E-state index in [1.807, 2.05) is 65.0 Å². The number of hydrogen-bond donors (Lipinski definition) is 2. The Labute approximate surface area is 246 Å². The van der Waals surface area contributed by atoms with Crippen molar-refractivity contribution in [2.24, 2.45) is 16.2 Å². The maximum atomic E-state index is 11.6. The van der Waals surface area contributed by atoms with Gasteiger partial charge in [0.05, 0.1) is 16.2 Å². The van der Waals surface area contributed by atoms with E-state index in [2.05, 4.69) is 6.58 Å². The van der Waals surface area contributed by atoms with Crippen LogP contribution in [0.1, 0.15) is 94.1 Å². The van der Waals surface area contributed by atoms with E-state index in [9.17, 15) is 24.3 Å². The SMILES string of the molecule is C=C(C)C(=O)OCC(O)COC(=O)C(C)(C)CC.CCC(C)(C)C(=O)O.CCC(C)(C)C(=O)OCc1ccccc1. The Bertz CT molecular complexity index is 963. The molecule has 1 atom stereocenters. The zero-order valence-corrected chi connectivity index (χ0v) is 26.7. The normalized spacial score (nSPS) is 11.9. The quantitative estimate of drug-likeness (QED) is 0.161. The van der Waals surface area contributed by atoms with Crippen LogP contribution in [0.4, 0.5) is 0 Å². The third-order valence-electron chi connectivity index (χ3n) is 6.71. The summed E-state index contributed by atoms with van der Waals surface area (Å²) in [4.78, 5) is 44.5. The molecule has 1 rings (SSSR count). The average molecular weight is 581 g/mol. The molecule has 0 aromatic heterocycles. The number of rotatable bonds is 13. The van der Waals surface area contributed by atoms with Gasteiger partial charge in [0.2, 0.25) is 0 Å². The molecule has 1 aromatic rings. The van der Waals surface area contributed by atoms with Crippen LogP contribution in [0, 0.1) is 16.2 Å². The monoisotopic (exact) mass is 580 g/mol. The first-order valence-electron chi connectivity index (χ1n) is 13.9. The molecule has 0 saturated carbocycles. The molecular formula is C32H52O9. The fraction of sp³-hybridized carbons (Fsp3) is 0.625. The van der Waals surface area contributed by atoms with Gasteiger partial charge in [-0.25, -0.2) is 4.79 Å². The van der Waals surface area contributed by atoms with Crippen molar-refractivity contribution >= 4 is 23.9 Å². The van der Waals surface area contributed by atoms with E-state index in [1.165, 1.54) is 6.92 Å². The van der Waals surface area contributed by atoms with Crippen molar-refractivity contribution in [1.82, 2.24) is 0 Å². The van der Waals surface area contributed by atoms with Gasteiger partial charge in [-0.2, -0.15) is 0 Å². The number of ether oxygens (including phenoxy) is 3. The molecule has 0 amide bonds. The maximum Gasteiger partial charge on any atom is 0.333 e. The molecule has 41 heavy (non-hydrogen) atoms. The molecular weight excluding hydrogens is 528 g/mol. The van der Waals surface area contributed by atoms with Crippen molar-refractivity contribution in [3.05, 3.63) is 48.0 Å². The van der Waals surface area contributed by atoms with Gasteiger partial charge in [0.15, 0.2) is 0 Å². The van der Waals surface area contributed by atoms with Crippen LogP contribution < -0.4 is 0 Å². The van der Waals surface area contributed by atoms with E-state index in [-0.39, 0.29) is 36.1 Å². The minimum absolute atomic E-state index is 0.131. The molecule has 0 spiro atoms. The Balaban J connectivity index is 0. The van der Waals surface area contributed by atoms with Gasteiger partial charge in [-0.05, 0) is 73.3 Å². The minimum atomic E-state index is -1.02. The van der Waals surface area contributed by atoms with Gasteiger partial charge in [-0.15, -0.1) is 0 Å². The maximum absolute atomic E-state index is 11.6. The standard InChI is InChI=1S/C13H22O5.C13H18O2.C6H12O2/c1-6-13(4,5)12(16)18-8-10(14)7-17-11(15)9(2)3;1-4-13(2,3)12(14)15-10-11-8-6-5-7-9-11;1-4-6(2,3)5(7)8/h10,14H,2,6-8H2,1,3-5H3;5-9H,4,10H2,1-3H3;4H2,1-3H3,(H,7,8). The van der Waals surface area contributed by atoms with Gasteiger partial charge in [0.1, 0.15) is 25.9 Å². The number of hydrogen-bond acceptors (Lipinski definition) is 8. The topological polar surface area (TPSA) is 136 Å². The fourth-order valence-corrected chi connectivity index (χ4v) is 2.07. The summed E-state index contributed by atoms with van der Waals surface area (Å²) < 4.78 is 14.9. The van der Waals surface area contributed by atoms with Gasteiger partial charge in [-0.1, -0.05) is 57.7 Å². The lowest BCUT2D eigenvalue weighted by molar-refractivity contribution is -0.159. The number of carbonyl (C=O) groups is 4. The van der Waals surface area contributed by atoms with Gasteiger partial charge < -0.3 is 24.4 Å². The summed E-state index contributed by atoms with van der Waals surface area (Å²) in [6, 6.07) is 9.72. The van der Waals surface area contributed by atoms with Crippen LogP contribution in [-0.4, -0.2) is 53.4 Å². The van der Waals surface area contributed by atoms with E-state index in [1.54, 1.807) is 27.7 Å². The third kappa shape index (κ3) is 17.3. The highest BCUT2D eigenvalue weighted by Gasteiger charge is 2.28. The number of aliphatic hydroxyl groups is 1. The van der Waals surface area contributed by atoms with E-state index in [0.717, 1.165) is 12.0 Å². The summed E-state index contributed by atoms with van der Waals surface area (Å²) >= 11 is 0. The smallest absolute Gasteiger partial charge is 0.333 e. The molecule has 0 saturated heterocycles. The summed E-state index contributed by atoms with van der Waals surface area (Å²) in [6.45, 7) is 21.4. The number of carboxylic acid groups (broad SMARTS) is 1. The second-order valence-corrected chi connectivity index (χ2v) is 11.7. The number of carboxylic acids is 1. The molecule has 0 bridgehead atoms. The van der Waals surface area contributed by atoms with E-state index in [4.69, 9.17) is 19.3 Å². The van der Waals surface area contributed by atoms with Crippen LogP contribution in [0.25, 0.3) is 0 Å². The largest absolute Gasteiger partial charge is 0.481 e. The summed E-state index contributed by atoms with van der Waals surface area (Å²) in [7, 11) is 0. The van der Waals surface area contributed by atoms with Gasteiger partial charge in [0, 0.05) is 5.57 Å². The van der Waals surface area contributed by atoms with Gasteiger partial charge in [-0.3, -0.25) is 14.4 Å². The lowest BCUT2D eigenvalue weighted by Gasteiger charge is -2.21.